The van der Waals surface area contributed by atoms with Gasteiger partial charge in [-0.2, -0.15) is 0 Å². The number of rotatable bonds is 5. The maximum Gasteiger partial charge on any atom is 0.337 e. The zero-order valence-corrected chi connectivity index (χ0v) is 17.6. The molecular weight excluding hydrogens is 398 g/mol. The number of anilines is 3. The van der Waals surface area contributed by atoms with Crippen molar-refractivity contribution in [1.82, 2.24) is 0 Å². The molecule has 0 saturated heterocycles. The quantitative estimate of drug-likeness (QED) is 0.279. The molecule has 156 valence electrons. The highest BCUT2D eigenvalue weighted by atomic mass is 16.5. The fraction of sp³-hybridized carbons (Fsp3) is 0.0357. The highest BCUT2D eigenvalue weighted by Gasteiger charge is 2.14. The van der Waals surface area contributed by atoms with Gasteiger partial charge in [-0.15, -0.1) is 0 Å². The first-order chi connectivity index (χ1) is 15.7. The molecule has 5 aromatic rings. The number of hydrogen-bond donors (Lipinski definition) is 0. The Morgan fingerprint density at radius 3 is 1.91 bits per heavy atom. The van der Waals surface area contributed by atoms with Gasteiger partial charge in [0.2, 0.25) is 0 Å². The van der Waals surface area contributed by atoms with Gasteiger partial charge in [-0.1, -0.05) is 42.5 Å². The lowest BCUT2D eigenvalue weighted by Crippen LogP contribution is -2.09. The summed E-state index contributed by atoms with van der Waals surface area (Å²) in [6.45, 7) is 0. The summed E-state index contributed by atoms with van der Waals surface area (Å²) >= 11 is 0. The van der Waals surface area contributed by atoms with Crippen molar-refractivity contribution in [2.24, 2.45) is 0 Å². The number of nitrogens with zero attached hydrogens (tertiary/aromatic N) is 1. The van der Waals surface area contributed by atoms with E-state index in [-0.39, 0.29) is 5.97 Å². The number of hydrogen-bond acceptors (Lipinski definition) is 4. The van der Waals surface area contributed by atoms with Gasteiger partial charge in [-0.3, -0.25) is 0 Å². The van der Waals surface area contributed by atoms with Crippen LogP contribution in [0.3, 0.4) is 0 Å². The standard InChI is InChI=1S/C28H21NO3/c1-31-28(30)22-13-12-21-18-26(32-27(21)19-22)20-14-16-25(17-15-20)29(23-8-4-2-5-9-23)24-10-6-3-7-11-24/h2-19H,1H3. The number of ether oxygens (including phenoxy) is 1. The minimum Gasteiger partial charge on any atom is -0.465 e. The van der Waals surface area contributed by atoms with Crippen LogP contribution in [0.4, 0.5) is 17.1 Å². The van der Waals surface area contributed by atoms with Crippen molar-refractivity contribution in [3.63, 3.8) is 0 Å². The number of carbonyl (C=O) groups excluding carboxylic acids is 1. The summed E-state index contributed by atoms with van der Waals surface area (Å²) in [6, 6.07) is 36.2. The van der Waals surface area contributed by atoms with E-state index in [2.05, 4.69) is 41.3 Å². The Bertz CT molecular complexity index is 1320. The molecule has 0 bridgehead atoms. The predicted octanol–water partition coefficient (Wildman–Crippen LogP) is 7.36. The zero-order chi connectivity index (χ0) is 21.9. The Labute approximate surface area is 186 Å². The molecule has 0 spiro atoms. The van der Waals surface area contributed by atoms with Crippen LogP contribution in [0.5, 0.6) is 0 Å². The number of carbonyl (C=O) groups is 1. The van der Waals surface area contributed by atoms with Crippen LogP contribution in [0, 0.1) is 0 Å². The molecular formula is C28H21NO3. The normalized spacial score (nSPS) is 10.8. The second kappa shape index (κ2) is 8.44. The van der Waals surface area contributed by atoms with Crippen molar-refractivity contribution in [3.05, 3.63) is 115 Å². The maximum atomic E-state index is 11.8. The number of para-hydroxylation sites is 2. The van der Waals surface area contributed by atoms with Crippen molar-refractivity contribution in [3.8, 4) is 11.3 Å². The summed E-state index contributed by atoms with van der Waals surface area (Å²) in [7, 11) is 1.37. The fourth-order valence-corrected chi connectivity index (χ4v) is 3.79. The molecule has 0 aliphatic carbocycles. The van der Waals surface area contributed by atoms with E-state index in [1.54, 1.807) is 12.1 Å². The number of benzene rings is 4. The van der Waals surface area contributed by atoms with Gasteiger partial charge in [0.1, 0.15) is 11.3 Å². The Balaban J connectivity index is 1.51. The first kappa shape index (κ1) is 19.6. The lowest BCUT2D eigenvalue weighted by Gasteiger charge is -2.25. The molecule has 0 fully saturated rings. The van der Waals surface area contributed by atoms with Crippen molar-refractivity contribution in [1.29, 1.82) is 0 Å². The van der Waals surface area contributed by atoms with E-state index < -0.39 is 0 Å². The Kier molecular flexibility index (Phi) is 5.18. The summed E-state index contributed by atoms with van der Waals surface area (Å²) in [5, 5.41) is 0.937. The summed E-state index contributed by atoms with van der Waals surface area (Å²) in [5.41, 5.74) is 5.32. The molecule has 0 amide bonds. The van der Waals surface area contributed by atoms with Crippen molar-refractivity contribution in [2.75, 3.05) is 12.0 Å². The fourth-order valence-electron chi connectivity index (χ4n) is 3.79. The van der Waals surface area contributed by atoms with Gasteiger partial charge < -0.3 is 14.1 Å². The Morgan fingerprint density at radius 2 is 1.31 bits per heavy atom. The number of esters is 1. The van der Waals surface area contributed by atoms with Gasteiger partial charge >= 0.3 is 5.97 Å². The molecule has 0 N–H and O–H groups in total. The summed E-state index contributed by atoms with van der Waals surface area (Å²) in [5.74, 6) is 0.371. The highest BCUT2D eigenvalue weighted by molar-refractivity contribution is 5.94. The third-order valence-corrected chi connectivity index (χ3v) is 5.38. The molecule has 1 heterocycles. The van der Waals surface area contributed by atoms with E-state index in [0.717, 1.165) is 33.8 Å². The first-order valence-corrected chi connectivity index (χ1v) is 10.4. The molecule has 4 heteroatoms. The maximum absolute atomic E-state index is 11.8. The van der Waals surface area contributed by atoms with Crippen molar-refractivity contribution in [2.45, 2.75) is 0 Å². The van der Waals surface area contributed by atoms with Crippen LogP contribution in [0.25, 0.3) is 22.3 Å². The van der Waals surface area contributed by atoms with Crippen molar-refractivity contribution >= 4 is 34.0 Å². The van der Waals surface area contributed by atoms with E-state index >= 15 is 0 Å². The van der Waals surface area contributed by atoms with Gasteiger partial charge in [-0.25, -0.2) is 4.79 Å². The topological polar surface area (TPSA) is 42.7 Å². The second-order valence-electron chi connectivity index (χ2n) is 7.41. The average Bonchev–Trinajstić information content (AvgIpc) is 3.29. The number of fused-ring (bicyclic) bond motifs is 1. The number of furan rings is 1. The van der Waals surface area contributed by atoms with Crippen LogP contribution >= 0.6 is 0 Å². The van der Waals surface area contributed by atoms with E-state index in [1.807, 2.05) is 60.7 Å². The molecule has 0 radical (unpaired) electrons. The third-order valence-electron chi connectivity index (χ3n) is 5.38. The summed E-state index contributed by atoms with van der Waals surface area (Å²) in [6.07, 6.45) is 0. The molecule has 0 aliphatic rings. The van der Waals surface area contributed by atoms with Crippen LogP contribution in [-0.4, -0.2) is 13.1 Å². The molecule has 0 saturated carbocycles. The van der Waals surface area contributed by atoms with Crippen LogP contribution in [0.15, 0.2) is 114 Å². The molecule has 4 nitrogen and oxygen atoms in total. The van der Waals surface area contributed by atoms with Crippen molar-refractivity contribution < 1.29 is 13.9 Å². The Hall–Kier alpha value is -4.31. The molecule has 0 atom stereocenters. The van der Waals surface area contributed by atoms with Gasteiger partial charge in [-0.05, 0) is 66.7 Å². The smallest absolute Gasteiger partial charge is 0.337 e. The zero-order valence-electron chi connectivity index (χ0n) is 17.6. The molecule has 4 aromatic carbocycles. The second-order valence-corrected chi connectivity index (χ2v) is 7.41. The monoisotopic (exact) mass is 419 g/mol. The van der Waals surface area contributed by atoms with Gasteiger partial charge in [0.15, 0.2) is 0 Å². The molecule has 32 heavy (non-hydrogen) atoms. The third kappa shape index (κ3) is 3.74. The lowest BCUT2D eigenvalue weighted by molar-refractivity contribution is 0.0601. The van der Waals surface area contributed by atoms with Gasteiger partial charge in [0.05, 0.1) is 12.7 Å². The predicted molar refractivity (Wildman–Crippen MR) is 128 cm³/mol. The average molecular weight is 419 g/mol. The molecule has 0 aliphatic heterocycles. The summed E-state index contributed by atoms with van der Waals surface area (Å²) in [4.78, 5) is 14.0. The van der Waals surface area contributed by atoms with E-state index in [4.69, 9.17) is 9.15 Å². The van der Waals surface area contributed by atoms with Crippen LogP contribution in [-0.2, 0) is 4.74 Å². The van der Waals surface area contributed by atoms with E-state index in [9.17, 15) is 4.79 Å². The largest absolute Gasteiger partial charge is 0.465 e. The number of methoxy groups -OCH3 is 1. The molecule has 1 aromatic heterocycles. The van der Waals surface area contributed by atoms with Crippen LogP contribution in [0.2, 0.25) is 0 Å². The van der Waals surface area contributed by atoms with Gasteiger partial charge in [0.25, 0.3) is 0 Å². The minimum atomic E-state index is -0.379. The van der Waals surface area contributed by atoms with Gasteiger partial charge in [0, 0.05) is 28.0 Å². The Morgan fingerprint density at radius 1 is 0.719 bits per heavy atom. The van der Waals surface area contributed by atoms with Crippen LogP contribution in [0.1, 0.15) is 10.4 Å². The molecule has 0 unspecified atom stereocenters. The van der Waals surface area contributed by atoms with E-state index in [1.165, 1.54) is 7.11 Å². The first-order valence-electron chi connectivity index (χ1n) is 10.4. The highest BCUT2D eigenvalue weighted by Crippen LogP contribution is 2.36. The minimum absolute atomic E-state index is 0.379. The van der Waals surface area contributed by atoms with E-state index in [0.29, 0.717) is 11.1 Å². The molecule has 5 rings (SSSR count). The SMILES string of the molecule is COC(=O)c1ccc2cc(-c3ccc(N(c4ccccc4)c4ccccc4)cc3)oc2c1. The summed E-state index contributed by atoms with van der Waals surface area (Å²) < 4.78 is 10.8. The lowest BCUT2D eigenvalue weighted by atomic mass is 10.1. The van der Waals surface area contributed by atoms with Crippen LogP contribution < -0.4 is 4.90 Å².